The van der Waals surface area contributed by atoms with Gasteiger partial charge in [-0.1, -0.05) is 23.7 Å². The maximum atomic E-state index is 12.3. The van der Waals surface area contributed by atoms with E-state index in [1.165, 1.54) is 0 Å². The number of carbonyl (C=O) groups is 2. The molecule has 3 rings (SSSR count). The minimum Gasteiger partial charge on any atom is -0.273 e. The Morgan fingerprint density at radius 3 is 2.50 bits per heavy atom. The zero-order valence-electron chi connectivity index (χ0n) is 13.7. The van der Waals surface area contributed by atoms with E-state index in [4.69, 9.17) is 11.6 Å². The van der Waals surface area contributed by atoms with E-state index in [9.17, 15) is 9.59 Å². The van der Waals surface area contributed by atoms with Crippen molar-refractivity contribution in [3.8, 4) is 10.8 Å². The monoisotopic (exact) mass is 387 g/mol. The van der Waals surface area contributed by atoms with Crippen LogP contribution in [0, 0.1) is 6.92 Å². The van der Waals surface area contributed by atoms with E-state index in [-0.39, 0.29) is 12.3 Å². The van der Waals surface area contributed by atoms with Crippen molar-refractivity contribution in [3.05, 3.63) is 63.9 Å². The highest BCUT2D eigenvalue weighted by Crippen LogP contribution is 2.24. The molecule has 0 bridgehead atoms. The van der Waals surface area contributed by atoms with Gasteiger partial charge in [0.1, 0.15) is 4.88 Å². The second-order valence-corrected chi connectivity index (χ2v) is 6.75. The maximum Gasteiger partial charge on any atom is 0.281 e. The molecule has 0 saturated heterocycles. The highest BCUT2D eigenvalue weighted by atomic mass is 35.5. The second kappa shape index (κ2) is 8.03. The molecule has 0 aliphatic rings. The van der Waals surface area contributed by atoms with E-state index in [1.807, 2.05) is 0 Å². The average molecular weight is 388 g/mol. The van der Waals surface area contributed by atoms with Crippen LogP contribution in [0.25, 0.3) is 10.8 Å². The Morgan fingerprint density at radius 2 is 1.81 bits per heavy atom. The Kier molecular flexibility index (Phi) is 5.55. The number of thiazole rings is 1. The van der Waals surface area contributed by atoms with Crippen molar-refractivity contribution in [2.45, 2.75) is 13.3 Å². The predicted octanol–water partition coefficient (Wildman–Crippen LogP) is 2.57. The molecular formula is C17H14ClN5O2S. The maximum absolute atomic E-state index is 12.3. The fraction of sp³-hybridized carbons (Fsp3) is 0.118. The fourth-order valence-corrected chi connectivity index (χ4v) is 3.16. The number of nitrogens with one attached hydrogen (secondary N) is 2. The van der Waals surface area contributed by atoms with E-state index in [0.29, 0.717) is 26.4 Å². The summed E-state index contributed by atoms with van der Waals surface area (Å²) in [5.41, 5.74) is 6.13. The average Bonchev–Trinajstić information content (AvgIpc) is 3.04. The number of carbonyl (C=O) groups excluding carboxylic acids is 2. The molecule has 1 aromatic carbocycles. The number of hydrazine groups is 1. The summed E-state index contributed by atoms with van der Waals surface area (Å²) in [6.45, 7) is 1.72. The lowest BCUT2D eigenvalue weighted by Crippen LogP contribution is -2.42. The molecule has 2 heterocycles. The van der Waals surface area contributed by atoms with Crippen LogP contribution in [-0.2, 0) is 11.2 Å². The lowest BCUT2D eigenvalue weighted by molar-refractivity contribution is -0.121. The van der Waals surface area contributed by atoms with Gasteiger partial charge in [-0.2, -0.15) is 0 Å². The normalized spacial score (nSPS) is 10.4. The van der Waals surface area contributed by atoms with Crippen LogP contribution in [0.2, 0.25) is 5.02 Å². The fourth-order valence-electron chi connectivity index (χ4n) is 2.13. The third-order valence-corrected chi connectivity index (χ3v) is 4.76. The highest BCUT2D eigenvalue weighted by molar-refractivity contribution is 7.17. The van der Waals surface area contributed by atoms with Crippen molar-refractivity contribution >= 4 is 34.8 Å². The molecule has 0 aliphatic carbocycles. The van der Waals surface area contributed by atoms with Crippen LogP contribution in [0.1, 0.15) is 20.9 Å². The smallest absolute Gasteiger partial charge is 0.273 e. The summed E-state index contributed by atoms with van der Waals surface area (Å²) < 4.78 is 0. The van der Waals surface area contributed by atoms with Gasteiger partial charge in [-0.3, -0.25) is 20.4 Å². The first kappa shape index (κ1) is 18.0. The number of amides is 2. The van der Waals surface area contributed by atoms with Crippen molar-refractivity contribution in [2.75, 3.05) is 0 Å². The molecule has 0 unspecified atom stereocenters. The third kappa shape index (κ3) is 4.41. The number of rotatable bonds is 4. The molecule has 0 fully saturated rings. The molecule has 26 heavy (non-hydrogen) atoms. The van der Waals surface area contributed by atoms with Gasteiger partial charge in [0.25, 0.3) is 5.91 Å². The van der Waals surface area contributed by atoms with Crippen molar-refractivity contribution < 1.29 is 9.59 Å². The number of hydrogen-bond donors (Lipinski definition) is 2. The molecule has 0 saturated carbocycles. The van der Waals surface area contributed by atoms with Crippen LogP contribution in [0.5, 0.6) is 0 Å². The molecular weight excluding hydrogens is 374 g/mol. The molecule has 2 amide bonds. The topological polar surface area (TPSA) is 96.9 Å². The first-order chi connectivity index (χ1) is 12.5. The molecule has 132 valence electrons. The standard InChI is InChI=1S/C17H14ClN5O2S/c1-10-14(26-17(21-10)15-19-7-2-8-20-15)16(25)23-22-13(24)9-11-3-5-12(18)6-4-11/h2-8H,9H2,1H3,(H,22,24)(H,23,25). The Morgan fingerprint density at radius 1 is 1.12 bits per heavy atom. The second-order valence-electron chi connectivity index (χ2n) is 5.31. The van der Waals surface area contributed by atoms with Crippen molar-refractivity contribution in [1.82, 2.24) is 25.8 Å². The Labute approximate surface area is 158 Å². The van der Waals surface area contributed by atoms with Gasteiger partial charge in [0.15, 0.2) is 10.8 Å². The van der Waals surface area contributed by atoms with E-state index >= 15 is 0 Å². The molecule has 7 nitrogen and oxygen atoms in total. The summed E-state index contributed by atoms with van der Waals surface area (Å²) >= 11 is 6.97. The Balaban J connectivity index is 1.60. The number of benzene rings is 1. The van der Waals surface area contributed by atoms with Crippen LogP contribution < -0.4 is 10.9 Å². The first-order valence-corrected chi connectivity index (χ1v) is 8.81. The van der Waals surface area contributed by atoms with Gasteiger partial charge in [0, 0.05) is 17.4 Å². The van der Waals surface area contributed by atoms with Crippen molar-refractivity contribution in [1.29, 1.82) is 0 Å². The quantitative estimate of drug-likeness (QED) is 0.670. The lowest BCUT2D eigenvalue weighted by Gasteiger charge is -2.06. The molecule has 2 aromatic heterocycles. The molecule has 2 N–H and O–H groups in total. The number of hydrogen-bond acceptors (Lipinski definition) is 6. The van der Waals surface area contributed by atoms with E-state index in [1.54, 1.807) is 49.6 Å². The number of aromatic nitrogens is 3. The predicted molar refractivity (Wildman–Crippen MR) is 98.6 cm³/mol. The SMILES string of the molecule is Cc1nc(-c2ncccn2)sc1C(=O)NNC(=O)Cc1ccc(Cl)cc1. The van der Waals surface area contributed by atoms with Crippen LogP contribution in [0.3, 0.4) is 0 Å². The van der Waals surface area contributed by atoms with E-state index < -0.39 is 5.91 Å². The third-order valence-electron chi connectivity index (χ3n) is 3.35. The van der Waals surface area contributed by atoms with Gasteiger partial charge >= 0.3 is 0 Å². The van der Waals surface area contributed by atoms with Crippen LogP contribution in [0.4, 0.5) is 0 Å². The molecule has 0 radical (unpaired) electrons. The van der Waals surface area contributed by atoms with Gasteiger partial charge in [0.2, 0.25) is 5.91 Å². The summed E-state index contributed by atoms with van der Waals surface area (Å²) in [7, 11) is 0. The van der Waals surface area contributed by atoms with Gasteiger partial charge in [-0.05, 0) is 30.7 Å². The molecule has 3 aromatic rings. The minimum absolute atomic E-state index is 0.127. The van der Waals surface area contributed by atoms with Crippen LogP contribution >= 0.6 is 22.9 Å². The molecule has 0 aliphatic heterocycles. The summed E-state index contributed by atoms with van der Waals surface area (Å²) in [5.74, 6) is -0.326. The Hall–Kier alpha value is -2.84. The lowest BCUT2D eigenvalue weighted by atomic mass is 10.1. The summed E-state index contributed by atoms with van der Waals surface area (Å²) in [4.78, 5) is 37.2. The van der Waals surface area contributed by atoms with E-state index in [2.05, 4.69) is 25.8 Å². The van der Waals surface area contributed by atoms with Gasteiger partial charge in [-0.25, -0.2) is 15.0 Å². The molecule has 9 heteroatoms. The van der Waals surface area contributed by atoms with Gasteiger partial charge in [0.05, 0.1) is 12.1 Å². The number of nitrogens with zero attached hydrogens (tertiary/aromatic N) is 3. The van der Waals surface area contributed by atoms with Gasteiger partial charge in [-0.15, -0.1) is 11.3 Å². The minimum atomic E-state index is -0.438. The zero-order chi connectivity index (χ0) is 18.5. The summed E-state index contributed by atoms with van der Waals surface area (Å²) in [6, 6.07) is 8.62. The van der Waals surface area contributed by atoms with Crippen molar-refractivity contribution in [2.24, 2.45) is 0 Å². The first-order valence-electron chi connectivity index (χ1n) is 7.61. The van der Waals surface area contributed by atoms with Crippen molar-refractivity contribution in [3.63, 3.8) is 0 Å². The van der Waals surface area contributed by atoms with Crippen LogP contribution in [-0.4, -0.2) is 26.8 Å². The molecule has 0 atom stereocenters. The number of halogens is 1. The van der Waals surface area contributed by atoms with E-state index in [0.717, 1.165) is 16.9 Å². The number of aryl methyl sites for hydroxylation is 1. The van der Waals surface area contributed by atoms with Crippen LogP contribution in [0.15, 0.2) is 42.7 Å². The zero-order valence-corrected chi connectivity index (χ0v) is 15.3. The largest absolute Gasteiger partial charge is 0.281 e. The summed E-state index contributed by atoms with van der Waals surface area (Å²) in [5, 5.41) is 1.14. The Bertz CT molecular complexity index is 928. The summed E-state index contributed by atoms with van der Waals surface area (Å²) in [6.07, 6.45) is 3.34. The molecule has 0 spiro atoms. The highest BCUT2D eigenvalue weighted by Gasteiger charge is 2.18. The van der Waals surface area contributed by atoms with Gasteiger partial charge < -0.3 is 0 Å².